The first kappa shape index (κ1) is 14.6. The number of carbonyl (C=O) groups excluding carboxylic acids is 2. The molecule has 20 heavy (non-hydrogen) atoms. The van der Waals surface area contributed by atoms with E-state index in [9.17, 15) is 9.59 Å². The summed E-state index contributed by atoms with van der Waals surface area (Å²) in [7, 11) is 1.65. The molecule has 0 bridgehead atoms. The molecule has 0 saturated carbocycles. The van der Waals surface area contributed by atoms with Crippen LogP contribution in [0.2, 0.25) is 0 Å². The SMILES string of the molecule is CCCN1C(=NCCCO)NC2C1C(=O)NC(=O)N2C. The second kappa shape index (κ2) is 6.08. The predicted octanol–water partition coefficient (Wildman–Crippen LogP) is -1.08. The van der Waals surface area contributed by atoms with E-state index in [1.807, 2.05) is 11.8 Å². The lowest BCUT2D eigenvalue weighted by Gasteiger charge is -2.35. The maximum absolute atomic E-state index is 12.1. The topological polar surface area (TPSA) is 97.3 Å². The van der Waals surface area contributed by atoms with Crippen LogP contribution in [0.25, 0.3) is 0 Å². The van der Waals surface area contributed by atoms with Gasteiger partial charge in [-0.05, 0) is 12.8 Å². The van der Waals surface area contributed by atoms with Crippen LogP contribution in [0.15, 0.2) is 4.99 Å². The molecular weight excluding hydrogens is 262 g/mol. The molecule has 0 aromatic heterocycles. The highest BCUT2D eigenvalue weighted by atomic mass is 16.3. The summed E-state index contributed by atoms with van der Waals surface area (Å²) in [6.45, 7) is 3.27. The Hall–Kier alpha value is -1.83. The Morgan fingerprint density at radius 2 is 2.15 bits per heavy atom. The lowest BCUT2D eigenvalue weighted by atomic mass is 10.1. The average molecular weight is 283 g/mol. The van der Waals surface area contributed by atoms with Gasteiger partial charge in [0.05, 0.1) is 0 Å². The number of urea groups is 1. The Bertz CT molecular complexity index is 425. The van der Waals surface area contributed by atoms with Gasteiger partial charge in [0, 0.05) is 26.7 Å². The first-order chi connectivity index (χ1) is 9.60. The van der Waals surface area contributed by atoms with E-state index in [1.54, 1.807) is 7.05 Å². The fourth-order valence-electron chi connectivity index (χ4n) is 2.46. The first-order valence-corrected chi connectivity index (χ1v) is 6.86. The van der Waals surface area contributed by atoms with Crippen LogP contribution in [0.3, 0.4) is 0 Å². The zero-order valence-electron chi connectivity index (χ0n) is 11.8. The molecule has 2 saturated heterocycles. The molecule has 8 nitrogen and oxygen atoms in total. The van der Waals surface area contributed by atoms with Crippen LogP contribution in [-0.4, -0.2) is 71.8 Å². The molecule has 2 atom stereocenters. The number of likely N-dealkylation sites (N-methyl/N-ethyl adjacent to an activating group) is 1. The molecule has 3 N–H and O–H groups in total. The van der Waals surface area contributed by atoms with Crippen LogP contribution in [0.4, 0.5) is 4.79 Å². The Morgan fingerprint density at radius 3 is 2.80 bits per heavy atom. The number of guanidine groups is 1. The third-order valence-electron chi connectivity index (χ3n) is 3.46. The van der Waals surface area contributed by atoms with Crippen LogP contribution in [-0.2, 0) is 4.79 Å². The molecule has 2 fully saturated rings. The van der Waals surface area contributed by atoms with Crippen LogP contribution >= 0.6 is 0 Å². The number of rotatable bonds is 5. The first-order valence-electron chi connectivity index (χ1n) is 6.86. The molecule has 3 amide bonds. The molecular formula is C12H21N5O3. The van der Waals surface area contributed by atoms with Crippen molar-refractivity contribution >= 4 is 17.9 Å². The Labute approximate surface area is 117 Å². The normalized spacial score (nSPS) is 27.6. The predicted molar refractivity (Wildman–Crippen MR) is 73.0 cm³/mol. The van der Waals surface area contributed by atoms with Crippen molar-refractivity contribution in [1.82, 2.24) is 20.4 Å². The molecule has 8 heteroatoms. The number of nitrogens with one attached hydrogen (secondary N) is 2. The third kappa shape index (κ3) is 2.55. The van der Waals surface area contributed by atoms with Crippen molar-refractivity contribution in [2.45, 2.75) is 32.0 Å². The summed E-state index contributed by atoms with van der Waals surface area (Å²) in [5.41, 5.74) is 0. The fourth-order valence-corrected chi connectivity index (χ4v) is 2.46. The van der Waals surface area contributed by atoms with E-state index in [-0.39, 0.29) is 12.5 Å². The van der Waals surface area contributed by atoms with E-state index in [0.29, 0.717) is 25.5 Å². The molecule has 2 heterocycles. The van der Waals surface area contributed by atoms with E-state index >= 15 is 0 Å². The molecule has 0 aromatic rings. The minimum absolute atomic E-state index is 0.0797. The number of hydrogen-bond acceptors (Lipinski definition) is 4. The van der Waals surface area contributed by atoms with E-state index in [0.717, 1.165) is 6.42 Å². The number of carbonyl (C=O) groups is 2. The van der Waals surface area contributed by atoms with Gasteiger partial charge in [-0.15, -0.1) is 0 Å². The van der Waals surface area contributed by atoms with E-state index in [2.05, 4.69) is 15.6 Å². The number of imide groups is 1. The smallest absolute Gasteiger partial charge is 0.325 e. The highest BCUT2D eigenvalue weighted by Crippen LogP contribution is 2.20. The van der Waals surface area contributed by atoms with Gasteiger partial charge in [-0.1, -0.05) is 6.92 Å². The van der Waals surface area contributed by atoms with Gasteiger partial charge in [0.1, 0.15) is 6.17 Å². The standard InChI is InChI=1S/C12H21N5O3/c1-3-6-17-8-9(14-11(17)13-5-4-7-18)16(2)12(20)15-10(8)19/h8-9,18H,3-7H2,1-2H3,(H,13,14)(H,15,19,20). The number of fused-ring (bicyclic) bond motifs is 1. The minimum atomic E-state index is -0.453. The highest BCUT2D eigenvalue weighted by Gasteiger charge is 2.49. The number of aliphatic hydroxyl groups excluding tert-OH is 1. The molecule has 2 rings (SSSR count). The van der Waals surface area contributed by atoms with Crippen molar-refractivity contribution in [2.24, 2.45) is 4.99 Å². The second-order valence-corrected chi connectivity index (χ2v) is 4.92. The van der Waals surface area contributed by atoms with Gasteiger partial charge in [0.15, 0.2) is 12.0 Å². The molecule has 0 aromatic carbocycles. The average Bonchev–Trinajstić information content (AvgIpc) is 2.77. The van der Waals surface area contributed by atoms with Gasteiger partial charge in [-0.3, -0.25) is 15.1 Å². The monoisotopic (exact) mass is 283 g/mol. The molecule has 2 unspecified atom stereocenters. The molecule has 0 radical (unpaired) electrons. The summed E-state index contributed by atoms with van der Waals surface area (Å²) < 4.78 is 0. The molecule has 2 aliphatic heterocycles. The Kier molecular flexibility index (Phi) is 4.43. The van der Waals surface area contributed by atoms with Crippen molar-refractivity contribution in [2.75, 3.05) is 26.7 Å². The third-order valence-corrected chi connectivity index (χ3v) is 3.46. The summed E-state index contributed by atoms with van der Waals surface area (Å²) in [5.74, 6) is 0.318. The van der Waals surface area contributed by atoms with Crippen LogP contribution in [0, 0.1) is 0 Å². The summed E-state index contributed by atoms with van der Waals surface area (Å²) in [4.78, 5) is 31.4. The summed E-state index contributed by atoms with van der Waals surface area (Å²) in [6.07, 6.45) is 1.05. The van der Waals surface area contributed by atoms with Crippen molar-refractivity contribution < 1.29 is 14.7 Å². The van der Waals surface area contributed by atoms with Crippen molar-refractivity contribution in [3.05, 3.63) is 0 Å². The van der Waals surface area contributed by atoms with Crippen molar-refractivity contribution in [3.8, 4) is 0 Å². The fraction of sp³-hybridized carbons (Fsp3) is 0.750. The summed E-state index contributed by atoms with van der Waals surface area (Å²) >= 11 is 0. The van der Waals surface area contributed by atoms with Gasteiger partial charge in [-0.25, -0.2) is 4.79 Å². The van der Waals surface area contributed by atoms with Crippen LogP contribution < -0.4 is 10.6 Å². The van der Waals surface area contributed by atoms with Crippen LogP contribution in [0.1, 0.15) is 19.8 Å². The lowest BCUT2D eigenvalue weighted by molar-refractivity contribution is -0.127. The zero-order valence-corrected chi connectivity index (χ0v) is 11.8. The number of nitrogens with zero attached hydrogens (tertiary/aromatic N) is 3. The summed E-state index contributed by atoms with van der Waals surface area (Å²) in [5, 5.41) is 14.3. The molecule has 0 aliphatic carbocycles. The largest absolute Gasteiger partial charge is 0.396 e. The molecule has 2 aliphatic rings. The van der Waals surface area contributed by atoms with Gasteiger partial charge >= 0.3 is 6.03 Å². The molecule has 0 spiro atoms. The summed E-state index contributed by atoms with van der Waals surface area (Å²) in [6, 6.07) is -0.859. The highest BCUT2D eigenvalue weighted by molar-refractivity contribution is 6.04. The number of hydrogen-bond donors (Lipinski definition) is 3. The Morgan fingerprint density at radius 1 is 1.40 bits per heavy atom. The quantitative estimate of drug-likeness (QED) is 0.557. The van der Waals surface area contributed by atoms with Gasteiger partial charge in [0.25, 0.3) is 5.91 Å². The van der Waals surface area contributed by atoms with Gasteiger partial charge in [0.2, 0.25) is 0 Å². The number of aliphatic imine (C=N–C) groups is 1. The zero-order chi connectivity index (χ0) is 14.7. The maximum atomic E-state index is 12.1. The number of amides is 3. The van der Waals surface area contributed by atoms with Crippen molar-refractivity contribution in [1.29, 1.82) is 0 Å². The van der Waals surface area contributed by atoms with E-state index < -0.39 is 18.2 Å². The van der Waals surface area contributed by atoms with E-state index in [1.165, 1.54) is 4.90 Å². The van der Waals surface area contributed by atoms with Crippen LogP contribution in [0.5, 0.6) is 0 Å². The van der Waals surface area contributed by atoms with Gasteiger partial charge in [-0.2, -0.15) is 0 Å². The van der Waals surface area contributed by atoms with E-state index in [4.69, 9.17) is 5.11 Å². The second-order valence-electron chi connectivity index (χ2n) is 4.92. The maximum Gasteiger partial charge on any atom is 0.325 e. The Balaban J connectivity index is 2.22. The van der Waals surface area contributed by atoms with Gasteiger partial charge < -0.3 is 20.2 Å². The minimum Gasteiger partial charge on any atom is -0.396 e. The lowest BCUT2D eigenvalue weighted by Crippen LogP contribution is -2.64. The van der Waals surface area contributed by atoms with Crippen molar-refractivity contribution in [3.63, 3.8) is 0 Å². The molecule has 112 valence electrons. The number of aliphatic hydroxyl groups is 1.